The first-order valence-corrected chi connectivity index (χ1v) is 6.99. The number of anilines is 1. The van der Waals surface area contributed by atoms with Gasteiger partial charge >= 0.3 is 5.97 Å². The number of nitrogens with zero attached hydrogens (tertiary/aromatic N) is 2. The maximum absolute atomic E-state index is 11.1. The molecule has 2 rings (SSSR count). The minimum Gasteiger partial charge on any atom is -0.481 e. The Morgan fingerprint density at radius 1 is 1.50 bits per heavy atom. The number of carbonyl (C=O) groups is 1. The van der Waals surface area contributed by atoms with Crippen LogP contribution in [0.4, 0.5) is 5.95 Å². The van der Waals surface area contributed by atoms with Crippen LogP contribution in [0, 0.1) is 0 Å². The zero-order chi connectivity index (χ0) is 14.6. The van der Waals surface area contributed by atoms with Crippen molar-refractivity contribution >= 4 is 11.9 Å². The molecule has 6 nitrogen and oxygen atoms in total. The van der Waals surface area contributed by atoms with Crippen LogP contribution in [0.3, 0.4) is 0 Å². The van der Waals surface area contributed by atoms with Gasteiger partial charge in [-0.05, 0) is 26.7 Å². The molecule has 6 heteroatoms. The van der Waals surface area contributed by atoms with Crippen molar-refractivity contribution in [2.75, 3.05) is 5.32 Å². The number of hydrogen-bond donors (Lipinski definition) is 2. The van der Waals surface area contributed by atoms with Crippen molar-refractivity contribution in [3.63, 3.8) is 0 Å². The molecule has 0 unspecified atom stereocenters. The Bertz CT molecular complexity index is 470. The maximum Gasteiger partial charge on any atom is 0.305 e. The van der Waals surface area contributed by atoms with E-state index < -0.39 is 11.5 Å². The van der Waals surface area contributed by atoms with E-state index in [0.717, 1.165) is 25.7 Å². The molecule has 20 heavy (non-hydrogen) atoms. The van der Waals surface area contributed by atoms with Crippen molar-refractivity contribution in [2.24, 2.45) is 0 Å². The molecule has 1 heterocycles. The van der Waals surface area contributed by atoms with Gasteiger partial charge in [0.05, 0.1) is 18.1 Å². The number of aliphatic carboxylic acids is 1. The third kappa shape index (κ3) is 3.82. The zero-order valence-electron chi connectivity index (χ0n) is 11.9. The lowest BCUT2D eigenvalue weighted by Crippen LogP contribution is -2.38. The van der Waals surface area contributed by atoms with E-state index in [-0.39, 0.29) is 12.5 Å². The Labute approximate surface area is 118 Å². The molecule has 0 saturated heterocycles. The normalized spacial score (nSPS) is 17.1. The van der Waals surface area contributed by atoms with E-state index in [4.69, 9.17) is 9.84 Å². The Morgan fingerprint density at radius 2 is 2.20 bits per heavy atom. The Hall–Kier alpha value is -1.85. The molecule has 0 atom stereocenters. The van der Waals surface area contributed by atoms with Crippen LogP contribution < -0.4 is 10.1 Å². The maximum atomic E-state index is 11.1. The molecule has 0 amide bonds. The summed E-state index contributed by atoms with van der Waals surface area (Å²) in [7, 11) is 0. The van der Waals surface area contributed by atoms with Gasteiger partial charge in [0.25, 0.3) is 0 Å². The molecule has 1 aliphatic carbocycles. The van der Waals surface area contributed by atoms with E-state index in [9.17, 15) is 4.79 Å². The summed E-state index contributed by atoms with van der Waals surface area (Å²) in [5.41, 5.74) is -0.428. The van der Waals surface area contributed by atoms with Crippen molar-refractivity contribution < 1.29 is 14.6 Å². The molecule has 2 N–H and O–H groups in total. The Balaban J connectivity index is 2.12. The molecule has 0 radical (unpaired) electrons. The Kier molecular flexibility index (Phi) is 4.42. The highest BCUT2D eigenvalue weighted by Gasteiger charge is 2.36. The monoisotopic (exact) mass is 279 g/mol. The summed E-state index contributed by atoms with van der Waals surface area (Å²) < 4.78 is 5.53. The molecule has 1 aliphatic rings. The third-order valence-corrected chi connectivity index (χ3v) is 3.41. The molecule has 110 valence electrons. The summed E-state index contributed by atoms with van der Waals surface area (Å²) in [6.45, 7) is 3.86. The highest BCUT2D eigenvalue weighted by Crippen LogP contribution is 2.35. The van der Waals surface area contributed by atoms with Crippen LogP contribution in [0.15, 0.2) is 12.3 Å². The van der Waals surface area contributed by atoms with Crippen LogP contribution in [0.5, 0.6) is 5.88 Å². The first-order valence-electron chi connectivity index (χ1n) is 6.99. The van der Waals surface area contributed by atoms with Crippen LogP contribution >= 0.6 is 0 Å². The summed E-state index contributed by atoms with van der Waals surface area (Å²) >= 11 is 0. The molecule has 1 aromatic rings. The molecule has 1 aromatic heterocycles. The molecule has 0 bridgehead atoms. The average Bonchev–Trinajstić information content (AvgIpc) is 2.75. The van der Waals surface area contributed by atoms with Gasteiger partial charge in [0, 0.05) is 12.3 Å². The second-order valence-corrected chi connectivity index (χ2v) is 5.57. The fourth-order valence-electron chi connectivity index (χ4n) is 2.63. The lowest BCUT2D eigenvalue weighted by Gasteiger charge is -2.28. The quantitative estimate of drug-likeness (QED) is 0.832. The molecular weight excluding hydrogens is 258 g/mol. The number of aromatic nitrogens is 2. The highest BCUT2D eigenvalue weighted by molar-refractivity contribution is 5.69. The first-order chi connectivity index (χ1) is 9.49. The predicted molar refractivity (Wildman–Crippen MR) is 74.9 cm³/mol. The van der Waals surface area contributed by atoms with E-state index in [1.807, 2.05) is 13.8 Å². The van der Waals surface area contributed by atoms with E-state index in [2.05, 4.69) is 15.3 Å². The summed E-state index contributed by atoms with van der Waals surface area (Å²) in [5, 5.41) is 12.3. The smallest absolute Gasteiger partial charge is 0.305 e. The van der Waals surface area contributed by atoms with Crippen molar-refractivity contribution in [3.8, 4) is 5.88 Å². The van der Waals surface area contributed by atoms with Crippen LogP contribution in [-0.4, -0.2) is 32.7 Å². The van der Waals surface area contributed by atoms with Gasteiger partial charge in [0.15, 0.2) is 0 Å². The van der Waals surface area contributed by atoms with Crippen LogP contribution in [0.25, 0.3) is 0 Å². The molecule has 1 saturated carbocycles. The zero-order valence-corrected chi connectivity index (χ0v) is 11.9. The number of carboxylic acids is 1. The van der Waals surface area contributed by atoms with Crippen molar-refractivity contribution in [2.45, 2.75) is 57.6 Å². The minimum atomic E-state index is -0.797. The number of ether oxygens (including phenoxy) is 1. The van der Waals surface area contributed by atoms with Gasteiger partial charge in [-0.1, -0.05) is 12.8 Å². The van der Waals surface area contributed by atoms with Gasteiger partial charge in [-0.15, -0.1) is 0 Å². The lowest BCUT2D eigenvalue weighted by molar-refractivity contribution is -0.138. The number of nitrogens with one attached hydrogen (secondary N) is 1. The van der Waals surface area contributed by atoms with Crippen LogP contribution in [0.2, 0.25) is 0 Å². The van der Waals surface area contributed by atoms with Gasteiger partial charge in [0.2, 0.25) is 11.8 Å². The topological polar surface area (TPSA) is 84.3 Å². The van der Waals surface area contributed by atoms with Crippen molar-refractivity contribution in [1.82, 2.24) is 9.97 Å². The van der Waals surface area contributed by atoms with Gasteiger partial charge in [-0.3, -0.25) is 4.79 Å². The Morgan fingerprint density at radius 3 is 2.80 bits per heavy atom. The molecule has 0 aliphatic heterocycles. The fourth-order valence-corrected chi connectivity index (χ4v) is 2.63. The standard InChI is InChI=1S/C14H21N3O3/c1-10(2)20-11-5-8-15-13(16-11)17-14(9-12(18)19)6-3-4-7-14/h5,8,10H,3-4,6-7,9H2,1-2H3,(H,18,19)(H,15,16,17). The van der Waals surface area contributed by atoms with Gasteiger partial charge in [0.1, 0.15) is 0 Å². The van der Waals surface area contributed by atoms with Crippen molar-refractivity contribution in [1.29, 1.82) is 0 Å². The van der Waals surface area contributed by atoms with Crippen molar-refractivity contribution in [3.05, 3.63) is 12.3 Å². The van der Waals surface area contributed by atoms with Crippen LogP contribution in [-0.2, 0) is 4.79 Å². The molecule has 1 fully saturated rings. The predicted octanol–water partition coefficient (Wildman–Crippen LogP) is 2.46. The summed E-state index contributed by atoms with van der Waals surface area (Å²) in [6.07, 6.45) is 5.47. The third-order valence-electron chi connectivity index (χ3n) is 3.41. The van der Waals surface area contributed by atoms with Crippen LogP contribution in [0.1, 0.15) is 46.0 Å². The van der Waals surface area contributed by atoms with Gasteiger partial charge < -0.3 is 15.2 Å². The number of hydrogen-bond acceptors (Lipinski definition) is 5. The largest absolute Gasteiger partial charge is 0.481 e. The number of carboxylic acid groups (broad SMARTS) is 1. The van der Waals surface area contributed by atoms with E-state index >= 15 is 0 Å². The molecule has 0 aromatic carbocycles. The van der Waals surface area contributed by atoms with E-state index in [1.165, 1.54) is 0 Å². The van der Waals surface area contributed by atoms with E-state index in [1.54, 1.807) is 12.3 Å². The molecular formula is C14H21N3O3. The summed E-state index contributed by atoms with van der Waals surface area (Å²) in [6, 6.07) is 1.70. The first kappa shape index (κ1) is 14.6. The fraction of sp³-hybridized carbons (Fsp3) is 0.643. The second kappa shape index (κ2) is 6.07. The highest BCUT2D eigenvalue weighted by atomic mass is 16.5. The van der Waals surface area contributed by atoms with Gasteiger partial charge in [-0.25, -0.2) is 4.98 Å². The second-order valence-electron chi connectivity index (χ2n) is 5.57. The lowest BCUT2D eigenvalue weighted by atomic mass is 9.93. The average molecular weight is 279 g/mol. The van der Waals surface area contributed by atoms with Gasteiger partial charge in [-0.2, -0.15) is 4.98 Å². The van der Waals surface area contributed by atoms with E-state index in [0.29, 0.717) is 11.8 Å². The minimum absolute atomic E-state index is 0.0391. The summed E-state index contributed by atoms with van der Waals surface area (Å²) in [5.74, 6) is 0.140. The summed E-state index contributed by atoms with van der Waals surface area (Å²) in [4.78, 5) is 19.5. The molecule has 0 spiro atoms. The SMILES string of the molecule is CC(C)Oc1ccnc(NC2(CC(=O)O)CCCC2)n1. The number of rotatable bonds is 6.